The number of halogens is 2. The maximum absolute atomic E-state index is 13.5. The average molecular weight is 291 g/mol. The molecule has 2 rings (SSSR count). The number of carbonyl (C=O) groups is 1. The van der Waals surface area contributed by atoms with Crippen LogP contribution in [0.1, 0.15) is 6.42 Å². The van der Waals surface area contributed by atoms with Gasteiger partial charge in [-0.1, -0.05) is 0 Å². The van der Waals surface area contributed by atoms with Gasteiger partial charge in [0, 0.05) is 12.6 Å². The van der Waals surface area contributed by atoms with Gasteiger partial charge in [-0.15, -0.1) is 12.4 Å². The van der Waals surface area contributed by atoms with Crippen molar-refractivity contribution >= 4 is 24.0 Å². The van der Waals surface area contributed by atoms with Crippen LogP contribution in [0, 0.1) is 5.82 Å². The lowest BCUT2D eigenvalue weighted by molar-refractivity contribution is -0.118. The van der Waals surface area contributed by atoms with E-state index in [1.807, 2.05) is 0 Å². The smallest absolute Gasteiger partial charge is 0.241 e. The summed E-state index contributed by atoms with van der Waals surface area (Å²) in [4.78, 5) is 11.8. The lowest BCUT2D eigenvalue weighted by Crippen LogP contribution is -2.35. The van der Waals surface area contributed by atoms with Gasteiger partial charge in [0.25, 0.3) is 0 Å². The molecule has 0 aromatic heterocycles. The number of methoxy groups -OCH3 is 1. The van der Waals surface area contributed by atoms with Gasteiger partial charge in [-0.05, 0) is 18.6 Å². The molecule has 19 heavy (non-hydrogen) atoms. The van der Waals surface area contributed by atoms with E-state index in [0.717, 1.165) is 0 Å². The second-order valence-electron chi connectivity index (χ2n) is 4.19. The molecular weight excluding hydrogens is 275 g/mol. The van der Waals surface area contributed by atoms with Crippen LogP contribution in [0.3, 0.4) is 0 Å². The molecule has 1 aromatic carbocycles. The van der Waals surface area contributed by atoms with E-state index in [4.69, 9.17) is 4.74 Å². The van der Waals surface area contributed by atoms with Crippen LogP contribution in [0.4, 0.5) is 10.1 Å². The molecule has 2 atom stereocenters. The van der Waals surface area contributed by atoms with Gasteiger partial charge < -0.3 is 20.5 Å². The van der Waals surface area contributed by atoms with Crippen LogP contribution in [-0.4, -0.2) is 36.8 Å². The lowest BCUT2D eigenvalue weighted by Gasteiger charge is -2.12. The fraction of sp³-hybridized carbons (Fsp3) is 0.417. The topological polar surface area (TPSA) is 70.6 Å². The van der Waals surface area contributed by atoms with E-state index < -0.39 is 18.0 Å². The normalized spacial score (nSPS) is 21.6. The van der Waals surface area contributed by atoms with Gasteiger partial charge in [-0.3, -0.25) is 4.79 Å². The zero-order valence-corrected chi connectivity index (χ0v) is 11.2. The van der Waals surface area contributed by atoms with Gasteiger partial charge in [0.2, 0.25) is 5.91 Å². The molecule has 1 aliphatic heterocycles. The highest BCUT2D eigenvalue weighted by Gasteiger charge is 2.28. The number of benzene rings is 1. The summed E-state index contributed by atoms with van der Waals surface area (Å²) in [5.41, 5.74) is 0.0718. The van der Waals surface area contributed by atoms with Crippen molar-refractivity contribution in [1.82, 2.24) is 5.32 Å². The molecule has 0 bridgehead atoms. The van der Waals surface area contributed by atoms with Crippen molar-refractivity contribution in [2.24, 2.45) is 0 Å². The second-order valence-corrected chi connectivity index (χ2v) is 4.19. The number of amides is 1. The molecule has 3 N–H and O–H groups in total. The molecule has 1 heterocycles. The number of anilines is 1. The summed E-state index contributed by atoms with van der Waals surface area (Å²) >= 11 is 0. The maximum atomic E-state index is 13.5. The minimum atomic E-state index is -0.532. The molecule has 1 aliphatic rings. The number of carbonyl (C=O) groups excluding carboxylic acids is 1. The van der Waals surface area contributed by atoms with Gasteiger partial charge in [0.15, 0.2) is 0 Å². The molecule has 0 saturated carbocycles. The third kappa shape index (κ3) is 3.79. The van der Waals surface area contributed by atoms with Gasteiger partial charge >= 0.3 is 0 Å². The Morgan fingerprint density at radius 1 is 1.58 bits per heavy atom. The van der Waals surface area contributed by atoms with Gasteiger partial charge in [-0.2, -0.15) is 0 Å². The minimum absolute atomic E-state index is 0. The van der Waals surface area contributed by atoms with Crippen molar-refractivity contribution in [2.75, 3.05) is 19.0 Å². The molecule has 1 saturated heterocycles. The van der Waals surface area contributed by atoms with Crippen molar-refractivity contribution < 1.29 is 19.0 Å². The lowest BCUT2D eigenvalue weighted by atomic mass is 10.2. The van der Waals surface area contributed by atoms with Crippen LogP contribution < -0.4 is 15.4 Å². The molecule has 5 nitrogen and oxygen atoms in total. The average Bonchev–Trinajstić information content (AvgIpc) is 2.79. The zero-order valence-electron chi connectivity index (χ0n) is 10.4. The molecule has 0 radical (unpaired) electrons. The van der Waals surface area contributed by atoms with Gasteiger partial charge in [-0.25, -0.2) is 4.39 Å². The summed E-state index contributed by atoms with van der Waals surface area (Å²) in [5, 5.41) is 14.7. The molecule has 7 heteroatoms. The fourth-order valence-corrected chi connectivity index (χ4v) is 1.86. The summed E-state index contributed by atoms with van der Waals surface area (Å²) < 4.78 is 18.5. The van der Waals surface area contributed by atoms with Crippen molar-refractivity contribution in [3.8, 4) is 5.75 Å². The number of β-amino-alcohol motifs (C(OH)–C–C–N with tert-alkyl or cyclic N) is 1. The summed E-state index contributed by atoms with van der Waals surface area (Å²) in [5.74, 6) is -0.424. The summed E-state index contributed by atoms with van der Waals surface area (Å²) in [6.07, 6.45) is -0.201. The quantitative estimate of drug-likeness (QED) is 0.774. The number of hydrogen-bond donors (Lipinski definition) is 3. The van der Waals surface area contributed by atoms with Crippen LogP contribution >= 0.6 is 12.4 Å². The fourth-order valence-electron chi connectivity index (χ4n) is 1.86. The highest BCUT2D eigenvalue weighted by molar-refractivity contribution is 5.95. The Morgan fingerprint density at radius 3 is 2.89 bits per heavy atom. The molecule has 0 aliphatic carbocycles. The first-order chi connectivity index (χ1) is 8.60. The number of ether oxygens (including phenoxy) is 1. The Balaban J connectivity index is 0.00000180. The molecule has 106 valence electrons. The number of aliphatic hydroxyl groups excluding tert-OH is 1. The first-order valence-corrected chi connectivity index (χ1v) is 5.66. The zero-order chi connectivity index (χ0) is 13.1. The van der Waals surface area contributed by atoms with E-state index in [9.17, 15) is 14.3 Å². The Morgan fingerprint density at radius 2 is 2.32 bits per heavy atom. The number of rotatable bonds is 3. The Labute approximate surface area is 116 Å². The summed E-state index contributed by atoms with van der Waals surface area (Å²) in [6, 6.07) is 3.62. The van der Waals surface area contributed by atoms with Crippen molar-refractivity contribution in [3.05, 3.63) is 24.0 Å². The third-order valence-corrected chi connectivity index (χ3v) is 2.86. The molecular formula is C12H16ClFN2O3. The van der Waals surface area contributed by atoms with Crippen LogP contribution in [-0.2, 0) is 4.79 Å². The van der Waals surface area contributed by atoms with Crippen molar-refractivity contribution in [1.29, 1.82) is 0 Å². The largest absolute Gasteiger partial charge is 0.497 e. The maximum Gasteiger partial charge on any atom is 0.241 e. The number of nitrogens with one attached hydrogen (secondary N) is 2. The van der Waals surface area contributed by atoms with Crippen LogP contribution in [0.2, 0.25) is 0 Å². The summed E-state index contributed by atoms with van der Waals surface area (Å²) in [7, 11) is 1.47. The van der Waals surface area contributed by atoms with Crippen LogP contribution in [0.5, 0.6) is 5.75 Å². The van der Waals surface area contributed by atoms with Crippen LogP contribution in [0.25, 0.3) is 0 Å². The van der Waals surface area contributed by atoms with Crippen molar-refractivity contribution in [3.63, 3.8) is 0 Å². The predicted octanol–water partition coefficient (Wildman–Crippen LogP) is 0.917. The molecule has 0 spiro atoms. The Hall–Kier alpha value is -1.37. The van der Waals surface area contributed by atoms with E-state index in [1.165, 1.54) is 25.3 Å². The highest BCUT2D eigenvalue weighted by atomic mass is 35.5. The first-order valence-electron chi connectivity index (χ1n) is 5.66. The first kappa shape index (κ1) is 15.7. The molecule has 1 amide bonds. The van der Waals surface area contributed by atoms with Gasteiger partial charge in [0.05, 0.1) is 24.9 Å². The number of hydrogen-bond acceptors (Lipinski definition) is 4. The molecule has 1 aromatic rings. The van der Waals surface area contributed by atoms with E-state index in [-0.39, 0.29) is 24.0 Å². The van der Waals surface area contributed by atoms with E-state index in [0.29, 0.717) is 18.7 Å². The standard InChI is InChI=1S/C12H15FN2O3.ClH/c1-18-8-2-3-9(13)10(5-8)15-12(17)11-4-7(16)6-14-11;/h2-3,5,7,11,14,16H,4,6H2,1H3,(H,15,17);1H. The summed E-state index contributed by atoms with van der Waals surface area (Å²) in [6.45, 7) is 0.374. The second kappa shape index (κ2) is 6.70. The van der Waals surface area contributed by atoms with E-state index >= 15 is 0 Å². The predicted molar refractivity (Wildman–Crippen MR) is 71.2 cm³/mol. The van der Waals surface area contributed by atoms with Gasteiger partial charge in [0.1, 0.15) is 11.6 Å². The SMILES string of the molecule is COc1ccc(F)c(NC(=O)C2CC(O)CN2)c1.Cl. The third-order valence-electron chi connectivity index (χ3n) is 2.86. The monoisotopic (exact) mass is 290 g/mol. The van der Waals surface area contributed by atoms with Crippen molar-refractivity contribution in [2.45, 2.75) is 18.6 Å². The Bertz CT molecular complexity index is 459. The van der Waals surface area contributed by atoms with E-state index in [1.54, 1.807) is 0 Å². The highest BCUT2D eigenvalue weighted by Crippen LogP contribution is 2.21. The Kier molecular flexibility index (Phi) is 5.53. The minimum Gasteiger partial charge on any atom is -0.497 e. The number of aliphatic hydroxyl groups is 1. The molecule has 2 unspecified atom stereocenters. The van der Waals surface area contributed by atoms with Crippen LogP contribution in [0.15, 0.2) is 18.2 Å². The van der Waals surface area contributed by atoms with E-state index in [2.05, 4.69) is 10.6 Å². The molecule has 1 fully saturated rings.